The third-order valence-electron chi connectivity index (χ3n) is 3.84. The van der Waals surface area contributed by atoms with Gasteiger partial charge in [-0.3, -0.25) is 9.69 Å². The first-order valence-corrected chi connectivity index (χ1v) is 7.27. The van der Waals surface area contributed by atoms with Crippen molar-refractivity contribution < 1.29 is 13.9 Å². The average Bonchev–Trinajstić information content (AvgIpc) is 2.90. The number of hydrogen-bond acceptors (Lipinski definition) is 3. The molecule has 1 fully saturated rings. The van der Waals surface area contributed by atoms with E-state index in [1.165, 1.54) is 12.1 Å². The number of rotatable bonds is 5. The molecule has 2 rings (SSSR count). The van der Waals surface area contributed by atoms with Gasteiger partial charge in [-0.05, 0) is 63.0 Å². The van der Waals surface area contributed by atoms with E-state index in [1.54, 1.807) is 6.07 Å². The van der Waals surface area contributed by atoms with Crippen LogP contribution in [0.2, 0.25) is 0 Å². The van der Waals surface area contributed by atoms with Gasteiger partial charge in [0.2, 0.25) is 0 Å². The zero-order valence-electron chi connectivity index (χ0n) is 12.2. The Kier molecular flexibility index (Phi) is 5.12. The maximum absolute atomic E-state index is 13.3. The van der Waals surface area contributed by atoms with E-state index in [1.807, 2.05) is 13.8 Å². The maximum atomic E-state index is 13.3. The van der Waals surface area contributed by atoms with Gasteiger partial charge in [0.1, 0.15) is 5.82 Å². The number of aryl methyl sites for hydroxylation is 1. The first-order valence-electron chi connectivity index (χ1n) is 7.27. The number of hydrogen-bond donors (Lipinski definition) is 0. The van der Waals surface area contributed by atoms with Crippen molar-refractivity contribution >= 4 is 5.97 Å². The van der Waals surface area contributed by atoms with E-state index >= 15 is 0 Å². The lowest BCUT2D eigenvalue weighted by atomic mass is 9.97. The molecule has 4 heteroatoms. The lowest BCUT2D eigenvalue weighted by molar-refractivity contribution is -0.144. The number of carbonyl (C=O) groups excluding carboxylic acids is 1. The van der Waals surface area contributed by atoms with Crippen molar-refractivity contribution in [2.45, 2.75) is 39.2 Å². The number of benzene rings is 1. The van der Waals surface area contributed by atoms with Gasteiger partial charge < -0.3 is 4.74 Å². The molecule has 1 atom stereocenters. The quantitative estimate of drug-likeness (QED) is 0.775. The summed E-state index contributed by atoms with van der Waals surface area (Å²) in [5.41, 5.74) is 1.92. The van der Waals surface area contributed by atoms with Gasteiger partial charge in [0.15, 0.2) is 0 Å². The van der Waals surface area contributed by atoms with Crippen LogP contribution < -0.4 is 0 Å². The maximum Gasteiger partial charge on any atom is 0.307 e. The van der Waals surface area contributed by atoms with E-state index in [-0.39, 0.29) is 17.8 Å². The van der Waals surface area contributed by atoms with Crippen LogP contribution in [0.3, 0.4) is 0 Å². The van der Waals surface area contributed by atoms with Crippen molar-refractivity contribution in [3.63, 3.8) is 0 Å². The van der Waals surface area contributed by atoms with Crippen LogP contribution in [0.15, 0.2) is 18.2 Å². The number of ether oxygens (including phenoxy) is 1. The highest BCUT2D eigenvalue weighted by Crippen LogP contribution is 2.30. The van der Waals surface area contributed by atoms with Crippen LogP contribution in [0.25, 0.3) is 0 Å². The fourth-order valence-corrected chi connectivity index (χ4v) is 2.88. The summed E-state index contributed by atoms with van der Waals surface area (Å²) in [6.45, 7) is 6.08. The smallest absolute Gasteiger partial charge is 0.307 e. The first kappa shape index (κ1) is 15.0. The second-order valence-electron chi connectivity index (χ2n) is 5.27. The first-order chi connectivity index (χ1) is 9.61. The van der Waals surface area contributed by atoms with Crippen LogP contribution in [0.1, 0.15) is 43.4 Å². The molecule has 110 valence electrons. The second-order valence-corrected chi connectivity index (χ2v) is 5.27. The van der Waals surface area contributed by atoms with Crippen molar-refractivity contribution in [1.29, 1.82) is 0 Å². The van der Waals surface area contributed by atoms with E-state index < -0.39 is 0 Å². The molecule has 3 nitrogen and oxygen atoms in total. The second kappa shape index (κ2) is 6.84. The van der Waals surface area contributed by atoms with Gasteiger partial charge in [0.05, 0.1) is 13.0 Å². The Balaban J connectivity index is 2.22. The number of esters is 1. The summed E-state index contributed by atoms with van der Waals surface area (Å²) in [5, 5.41) is 0. The monoisotopic (exact) mass is 279 g/mol. The zero-order valence-corrected chi connectivity index (χ0v) is 12.2. The van der Waals surface area contributed by atoms with Crippen LogP contribution in [-0.2, 0) is 9.53 Å². The van der Waals surface area contributed by atoms with Gasteiger partial charge in [-0.15, -0.1) is 0 Å². The fourth-order valence-electron chi connectivity index (χ4n) is 2.88. The number of nitrogens with zero attached hydrogens (tertiary/aromatic N) is 1. The van der Waals surface area contributed by atoms with Crippen molar-refractivity contribution in [1.82, 2.24) is 4.90 Å². The lowest BCUT2D eigenvalue weighted by Crippen LogP contribution is -2.29. The highest BCUT2D eigenvalue weighted by Gasteiger charge is 2.27. The largest absolute Gasteiger partial charge is 0.466 e. The predicted molar refractivity (Wildman–Crippen MR) is 75.9 cm³/mol. The minimum Gasteiger partial charge on any atom is -0.466 e. The molecular formula is C16H22FNO2. The molecule has 0 saturated carbocycles. The minimum absolute atomic E-state index is 0.00264. The van der Waals surface area contributed by atoms with Gasteiger partial charge in [-0.2, -0.15) is 0 Å². The van der Waals surface area contributed by atoms with Gasteiger partial charge in [-0.25, -0.2) is 4.39 Å². The van der Waals surface area contributed by atoms with Crippen molar-refractivity contribution in [2.75, 3.05) is 19.7 Å². The number of halogens is 1. The summed E-state index contributed by atoms with van der Waals surface area (Å²) in [7, 11) is 0. The van der Waals surface area contributed by atoms with Crippen LogP contribution in [0, 0.1) is 12.7 Å². The molecule has 0 spiro atoms. The summed E-state index contributed by atoms with van der Waals surface area (Å²) in [4.78, 5) is 14.1. The molecule has 1 saturated heterocycles. The van der Waals surface area contributed by atoms with Gasteiger partial charge in [-0.1, -0.05) is 6.07 Å². The van der Waals surface area contributed by atoms with Gasteiger partial charge in [0, 0.05) is 6.04 Å². The Morgan fingerprint density at radius 3 is 2.70 bits per heavy atom. The minimum atomic E-state index is -0.234. The molecule has 1 aliphatic heterocycles. The van der Waals surface area contributed by atoms with Crippen LogP contribution >= 0.6 is 0 Å². The summed E-state index contributed by atoms with van der Waals surface area (Å²) in [6, 6.07) is 4.80. The topological polar surface area (TPSA) is 29.5 Å². The lowest BCUT2D eigenvalue weighted by Gasteiger charge is -2.28. The van der Waals surface area contributed by atoms with E-state index in [2.05, 4.69) is 4.90 Å². The molecule has 0 amide bonds. The Hall–Kier alpha value is -1.42. The predicted octanol–water partition coefficient (Wildman–Crippen LogP) is 3.22. The fraction of sp³-hybridized carbons (Fsp3) is 0.562. The summed E-state index contributed by atoms with van der Waals surface area (Å²) in [5.74, 6) is -0.421. The van der Waals surface area contributed by atoms with E-state index in [0.29, 0.717) is 13.0 Å². The standard InChI is InChI=1S/C16H22FNO2/c1-3-20-16(19)11-15(18-8-4-5-9-18)14-7-6-13(17)10-12(14)2/h6-7,10,15H,3-5,8-9,11H2,1-2H3. The summed E-state index contributed by atoms with van der Waals surface area (Å²) < 4.78 is 18.3. The number of likely N-dealkylation sites (tertiary alicyclic amines) is 1. The van der Waals surface area contributed by atoms with Crippen LogP contribution in [0.5, 0.6) is 0 Å². The molecular weight excluding hydrogens is 257 g/mol. The molecule has 1 aromatic rings. The van der Waals surface area contributed by atoms with Crippen LogP contribution in [0.4, 0.5) is 4.39 Å². The molecule has 0 aromatic heterocycles. The summed E-state index contributed by atoms with van der Waals surface area (Å²) >= 11 is 0. The van der Waals surface area contributed by atoms with Gasteiger partial charge in [0.25, 0.3) is 0 Å². The molecule has 1 unspecified atom stereocenters. The van der Waals surface area contributed by atoms with Crippen molar-refractivity contribution in [3.8, 4) is 0 Å². The SMILES string of the molecule is CCOC(=O)CC(c1ccc(F)cc1C)N1CCCC1. The third kappa shape index (κ3) is 3.57. The van der Waals surface area contributed by atoms with Crippen LogP contribution in [-0.4, -0.2) is 30.6 Å². The Morgan fingerprint density at radius 1 is 1.40 bits per heavy atom. The Bertz CT molecular complexity index is 470. The van der Waals surface area contributed by atoms with Crippen molar-refractivity contribution in [2.24, 2.45) is 0 Å². The number of carbonyl (C=O) groups is 1. The summed E-state index contributed by atoms with van der Waals surface area (Å²) in [6.07, 6.45) is 2.64. The highest BCUT2D eigenvalue weighted by atomic mass is 19.1. The van der Waals surface area contributed by atoms with Crippen molar-refractivity contribution in [3.05, 3.63) is 35.1 Å². The molecule has 1 aliphatic rings. The third-order valence-corrected chi connectivity index (χ3v) is 3.84. The molecule has 1 heterocycles. The normalized spacial score (nSPS) is 17.1. The Labute approximate surface area is 119 Å². The van der Waals surface area contributed by atoms with E-state index in [4.69, 9.17) is 4.74 Å². The van der Waals surface area contributed by atoms with E-state index in [9.17, 15) is 9.18 Å². The molecule has 0 N–H and O–H groups in total. The zero-order chi connectivity index (χ0) is 14.5. The molecule has 20 heavy (non-hydrogen) atoms. The molecule has 0 radical (unpaired) electrons. The average molecular weight is 279 g/mol. The molecule has 1 aromatic carbocycles. The van der Waals surface area contributed by atoms with Gasteiger partial charge >= 0.3 is 5.97 Å². The van der Waals surface area contributed by atoms with E-state index in [0.717, 1.165) is 37.1 Å². The molecule has 0 bridgehead atoms. The molecule has 0 aliphatic carbocycles. The Morgan fingerprint density at radius 2 is 2.10 bits per heavy atom. The highest BCUT2D eigenvalue weighted by molar-refractivity contribution is 5.70.